The number of hydrogen-bond acceptors (Lipinski definition) is 4. The molecule has 1 fully saturated rings. The number of benzene rings is 1. The first-order valence-corrected chi connectivity index (χ1v) is 7.01. The first kappa shape index (κ1) is 16.5. The molecule has 0 spiro atoms. The molecule has 23 heavy (non-hydrogen) atoms. The molecule has 7 heteroatoms. The quantitative estimate of drug-likeness (QED) is 0.633. The number of likely N-dealkylation sites (tertiary alicyclic amines) is 1. The summed E-state index contributed by atoms with van der Waals surface area (Å²) in [6, 6.07) is 5.97. The molecule has 0 bridgehead atoms. The molecule has 1 saturated heterocycles. The second-order valence-corrected chi connectivity index (χ2v) is 4.72. The van der Waals surface area contributed by atoms with Crippen LogP contribution in [-0.2, 0) is 14.4 Å². The number of rotatable bonds is 5. The number of nitrogens with zero attached hydrogens (tertiary/aromatic N) is 1. The molecule has 1 N–H and O–H groups in total. The first-order valence-electron chi connectivity index (χ1n) is 7.01. The Kier molecular flexibility index (Phi) is 5.69. The zero-order valence-corrected chi connectivity index (χ0v) is 12.3. The van der Waals surface area contributed by atoms with E-state index in [4.69, 9.17) is 4.74 Å². The van der Waals surface area contributed by atoms with Crippen LogP contribution in [0.25, 0.3) is 0 Å². The second kappa shape index (κ2) is 7.94. The van der Waals surface area contributed by atoms with Crippen molar-refractivity contribution < 1.29 is 23.5 Å². The summed E-state index contributed by atoms with van der Waals surface area (Å²) in [6.45, 7) is -0.249. The van der Waals surface area contributed by atoms with Gasteiger partial charge in [0, 0.05) is 12.8 Å². The summed E-state index contributed by atoms with van der Waals surface area (Å²) >= 11 is 0. The highest BCUT2D eigenvalue weighted by molar-refractivity contribution is 6.04. The maximum atomic E-state index is 13.2. The van der Waals surface area contributed by atoms with Crippen LogP contribution in [0.1, 0.15) is 12.8 Å². The van der Waals surface area contributed by atoms with Crippen molar-refractivity contribution in [2.24, 2.45) is 0 Å². The number of halogens is 1. The molecule has 6 nitrogen and oxygen atoms in total. The Labute approximate surface area is 132 Å². The molecule has 1 aliphatic heterocycles. The molecule has 120 valence electrons. The summed E-state index contributed by atoms with van der Waals surface area (Å²) in [6.07, 6.45) is 0.304. The van der Waals surface area contributed by atoms with Gasteiger partial charge in [0.15, 0.2) is 11.6 Å². The number of hydrogen-bond donors (Lipinski definition) is 1. The van der Waals surface area contributed by atoms with Gasteiger partial charge in [0.05, 0.1) is 6.54 Å². The van der Waals surface area contributed by atoms with E-state index in [2.05, 4.69) is 17.2 Å². The molecule has 0 saturated carbocycles. The zero-order valence-electron chi connectivity index (χ0n) is 12.3. The van der Waals surface area contributed by atoms with Crippen molar-refractivity contribution in [2.45, 2.75) is 12.8 Å². The Bertz CT molecular complexity index is 662. The van der Waals surface area contributed by atoms with Crippen LogP contribution in [0.15, 0.2) is 24.3 Å². The van der Waals surface area contributed by atoms with Crippen LogP contribution in [0, 0.1) is 17.7 Å². The zero-order chi connectivity index (χ0) is 16.7. The summed E-state index contributed by atoms with van der Waals surface area (Å²) in [7, 11) is 0. The average Bonchev–Trinajstić information content (AvgIpc) is 2.84. The molecule has 0 radical (unpaired) electrons. The third-order valence-electron chi connectivity index (χ3n) is 3.09. The predicted octanol–water partition coefficient (Wildman–Crippen LogP) is 0.473. The van der Waals surface area contributed by atoms with Crippen molar-refractivity contribution in [3.8, 4) is 17.6 Å². The van der Waals surface area contributed by atoms with Gasteiger partial charge in [-0.3, -0.25) is 19.3 Å². The SMILES string of the molecule is O=C(CN1C(=O)CCC1=O)NCC#CCOc1ccccc1F. The number of carbonyl (C=O) groups excluding carboxylic acids is 3. The number of ether oxygens (including phenoxy) is 1. The van der Waals surface area contributed by atoms with E-state index in [1.54, 1.807) is 12.1 Å². The fourth-order valence-electron chi connectivity index (χ4n) is 1.93. The lowest BCUT2D eigenvalue weighted by Gasteiger charge is -2.12. The normalized spacial score (nSPS) is 13.5. The van der Waals surface area contributed by atoms with E-state index >= 15 is 0 Å². The van der Waals surface area contributed by atoms with E-state index in [9.17, 15) is 18.8 Å². The molecule has 0 unspecified atom stereocenters. The van der Waals surface area contributed by atoms with Gasteiger partial charge < -0.3 is 10.1 Å². The number of amides is 3. The summed E-state index contributed by atoms with van der Waals surface area (Å²) in [5.41, 5.74) is 0. The summed E-state index contributed by atoms with van der Waals surface area (Å²) in [5.74, 6) is 3.76. The topological polar surface area (TPSA) is 75.7 Å². The summed E-state index contributed by atoms with van der Waals surface area (Å²) in [4.78, 5) is 35.2. The lowest BCUT2D eigenvalue weighted by atomic mass is 10.3. The highest BCUT2D eigenvalue weighted by Crippen LogP contribution is 2.14. The van der Waals surface area contributed by atoms with Gasteiger partial charge >= 0.3 is 0 Å². The smallest absolute Gasteiger partial charge is 0.240 e. The van der Waals surface area contributed by atoms with E-state index < -0.39 is 11.7 Å². The van der Waals surface area contributed by atoms with E-state index in [0.717, 1.165) is 4.90 Å². The molecular weight excluding hydrogens is 303 g/mol. The molecule has 0 atom stereocenters. The van der Waals surface area contributed by atoms with Crippen LogP contribution in [0.3, 0.4) is 0 Å². The maximum Gasteiger partial charge on any atom is 0.240 e. The third-order valence-corrected chi connectivity index (χ3v) is 3.09. The van der Waals surface area contributed by atoms with Gasteiger partial charge in [-0.25, -0.2) is 4.39 Å². The van der Waals surface area contributed by atoms with Crippen molar-refractivity contribution in [2.75, 3.05) is 19.7 Å². The van der Waals surface area contributed by atoms with Crippen LogP contribution in [0.5, 0.6) is 5.75 Å². The molecule has 0 aliphatic carbocycles. The molecule has 1 aromatic rings. The Morgan fingerprint density at radius 2 is 1.91 bits per heavy atom. The Hall–Kier alpha value is -2.88. The Morgan fingerprint density at radius 1 is 1.22 bits per heavy atom. The summed E-state index contributed by atoms with van der Waals surface area (Å²) in [5, 5.41) is 2.47. The van der Waals surface area contributed by atoms with E-state index in [0.29, 0.717) is 0 Å². The maximum absolute atomic E-state index is 13.2. The number of nitrogens with one attached hydrogen (secondary N) is 1. The molecule has 1 aliphatic rings. The predicted molar refractivity (Wildman–Crippen MR) is 78.6 cm³/mol. The van der Waals surface area contributed by atoms with Gasteiger partial charge in [-0.1, -0.05) is 24.0 Å². The first-order chi connectivity index (χ1) is 11.1. The van der Waals surface area contributed by atoms with Gasteiger partial charge in [-0.2, -0.15) is 0 Å². The van der Waals surface area contributed by atoms with Crippen molar-refractivity contribution >= 4 is 17.7 Å². The fourth-order valence-corrected chi connectivity index (χ4v) is 1.93. The molecule has 1 heterocycles. The Morgan fingerprint density at radius 3 is 2.61 bits per heavy atom. The largest absolute Gasteiger partial charge is 0.478 e. The summed E-state index contributed by atoms with van der Waals surface area (Å²) < 4.78 is 18.4. The molecule has 2 rings (SSSR count). The van der Waals surface area contributed by atoms with Gasteiger partial charge in [0.1, 0.15) is 13.2 Å². The Balaban J connectivity index is 1.67. The molecule has 0 aromatic heterocycles. The number of imide groups is 1. The number of para-hydroxylation sites is 1. The second-order valence-electron chi connectivity index (χ2n) is 4.72. The molecule has 3 amide bonds. The van der Waals surface area contributed by atoms with E-state index in [1.165, 1.54) is 12.1 Å². The van der Waals surface area contributed by atoms with Crippen molar-refractivity contribution in [1.29, 1.82) is 0 Å². The third kappa shape index (κ3) is 4.81. The van der Waals surface area contributed by atoms with Crippen LogP contribution >= 0.6 is 0 Å². The van der Waals surface area contributed by atoms with Crippen LogP contribution in [0.4, 0.5) is 4.39 Å². The van der Waals surface area contributed by atoms with Crippen molar-refractivity contribution in [1.82, 2.24) is 10.2 Å². The minimum Gasteiger partial charge on any atom is -0.478 e. The lowest BCUT2D eigenvalue weighted by molar-refractivity contribution is -0.142. The highest BCUT2D eigenvalue weighted by atomic mass is 19.1. The minimum atomic E-state index is -0.470. The number of carbonyl (C=O) groups is 3. The van der Waals surface area contributed by atoms with E-state index in [1.807, 2.05) is 0 Å². The minimum absolute atomic E-state index is 0.0140. The van der Waals surface area contributed by atoms with Crippen molar-refractivity contribution in [3.05, 3.63) is 30.1 Å². The standard InChI is InChI=1S/C16H15FN2O4/c17-12-5-1-2-6-13(12)23-10-4-3-9-18-14(20)11-19-15(21)7-8-16(19)22/h1-2,5-6H,7-11H2,(H,18,20). The van der Waals surface area contributed by atoms with Crippen LogP contribution in [0.2, 0.25) is 0 Å². The van der Waals surface area contributed by atoms with Crippen LogP contribution < -0.4 is 10.1 Å². The fraction of sp³-hybridized carbons (Fsp3) is 0.312. The van der Waals surface area contributed by atoms with Gasteiger partial charge in [-0.15, -0.1) is 0 Å². The van der Waals surface area contributed by atoms with Crippen LogP contribution in [-0.4, -0.2) is 42.3 Å². The van der Waals surface area contributed by atoms with Gasteiger partial charge in [0.25, 0.3) is 0 Å². The highest BCUT2D eigenvalue weighted by Gasteiger charge is 2.30. The van der Waals surface area contributed by atoms with E-state index in [-0.39, 0.29) is 50.1 Å². The monoisotopic (exact) mass is 318 g/mol. The van der Waals surface area contributed by atoms with Gasteiger partial charge in [-0.05, 0) is 12.1 Å². The average molecular weight is 318 g/mol. The molecule has 1 aromatic carbocycles. The van der Waals surface area contributed by atoms with Gasteiger partial charge in [0.2, 0.25) is 17.7 Å². The lowest BCUT2D eigenvalue weighted by Crippen LogP contribution is -2.40. The molecular formula is C16H15FN2O4. The van der Waals surface area contributed by atoms with Crippen molar-refractivity contribution in [3.63, 3.8) is 0 Å².